The molecule has 0 atom stereocenters. The monoisotopic (exact) mass is 262 g/mol. The molecule has 3 N–H and O–H groups in total. The smallest absolute Gasteiger partial charge is 0.326 e. The molecule has 3 rings (SSSR count). The van der Waals surface area contributed by atoms with E-state index in [1.165, 1.54) is 0 Å². The van der Waals surface area contributed by atoms with Crippen molar-refractivity contribution >= 4 is 16.7 Å². The zero-order valence-corrected chi connectivity index (χ0v) is 10.8. The van der Waals surface area contributed by atoms with Gasteiger partial charge in [-0.2, -0.15) is 0 Å². The van der Waals surface area contributed by atoms with Crippen LogP contribution in [0.3, 0.4) is 0 Å². The van der Waals surface area contributed by atoms with Crippen LogP contribution in [0.2, 0.25) is 0 Å². The number of aromatic nitrogens is 2. The first kappa shape index (κ1) is 12.3. The lowest BCUT2D eigenvalue weighted by Gasteiger charge is -2.26. The summed E-state index contributed by atoms with van der Waals surface area (Å²) in [7, 11) is 0. The van der Waals surface area contributed by atoms with Gasteiger partial charge in [0.2, 0.25) is 0 Å². The van der Waals surface area contributed by atoms with Gasteiger partial charge in [-0.25, -0.2) is 4.79 Å². The first-order valence-electron chi connectivity index (χ1n) is 6.52. The summed E-state index contributed by atoms with van der Waals surface area (Å²) in [5.74, 6) is 0. The molecule has 102 valence electrons. The molecule has 0 bridgehead atoms. The summed E-state index contributed by atoms with van der Waals surface area (Å²) in [6.45, 7) is 4.93. The van der Waals surface area contributed by atoms with Crippen molar-refractivity contribution in [2.75, 3.05) is 38.6 Å². The zero-order valence-electron chi connectivity index (χ0n) is 10.8. The molecule has 0 aliphatic carbocycles. The second-order valence-corrected chi connectivity index (χ2v) is 4.81. The van der Waals surface area contributed by atoms with Crippen LogP contribution in [0.1, 0.15) is 0 Å². The van der Waals surface area contributed by atoms with Crippen LogP contribution < -0.4 is 11.4 Å². The molecule has 6 nitrogen and oxygen atoms in total. The fourth-order valence-corrected chi connectivity index (χ4v) is 2.46. The number of nitrogens with zero attached hydrogens (tertiary/aromatic N) is 2. The van der Waals surface area contributed by atoms with Crippen molar-refractivity contribution in [3.63, 3.8) is 0 Å². The van der Waals surface area contributed by atoms with E-state index in [0.29, 0.717) is 12.2 Å². The molecular formula is C13H18N4O2. The third-order valence-electron chi connectivity index (χ3n) is 3.54. The maximum atomic E-state index is 11.9. The van der Waals surface area contributed by atoms with Gasteiger partial charge in [-0.05, 0) is 18.2 Å². The molecule has 1 aromatic heterocycles. The van der Waals surface area contributed by atoms with Gasteiger partial charge in [0.15, 0.2) is 0 Å². The minimum Gasteiger partial charge on any atom is -0.399 e. The molecule has 2 aromatic rings. The van der Waals surface area contributed by atoms with Gasteiger partial charge in [-0.3, -0.25) is 9.47 Å². The summed E-state index contributed by atoms with van der Waals surface area (Å²) in [6.07, 6.45) is 0. The maximum absolute atomic E-state index is 11.9. The summed E-state index contributed by atoms with van der Waals surface area (Å²) in [5.41, 5.74) is 8.09. The van der Waals surface area contributed by atoms with Crippen molar-refractivity contribution in [2.45, 2.75) is 6.54 Å². The Hall–Kier alpha value is -1.79. The number of hydrogen-bond donors (Lipinski definition) is 2. The molecule has 0 spiro atoms. The van der Waals surface area contributed by atoms with Gasteiger partial charge < -0.3 is 15.5 Å². The highest BCUT2D eigenvalue weighted by Crippen LogP contribution is 2.14. The van der Waals surface area contributed by atoms with Gasteiger partial charge in [0.05, 0.1) is 24.2 Å². The normalized spacial score (nSPS) is 17.1. The average Bonchev–Trinajstić information content (AvgIpc) is 2.73. The van der Waals surface area contributed by atoms with Gasteiger partial charge in [0, 0.05) is 31.9 Å². The van der Waals surface area contributed by atoms with E-state index in [0.717, 1.165) is 43.9 Å². The van der Waals surface area contributed by atoms with Crippen LogP contribution in [0.5, 0.6) is 0 Å². The van der Waals surface area contributed by atoms with E-state index in [1.807, 2.05) is 12.1 Å². The first-order chi connectivity index (χ1) is 9.24. The summed E-state index contributed by atoms with van der Waals surface area (Å²) in [6, 6.07) is 5.48. The first-order valence-corrected chi connectivity index (χ1v) is 6.52. The minimum absolute atomic E-state index is 0.0751. The van der Waals surface area contributed by atoms with E-state index in [4.69, 9.17) is 10.5 Å². The Morgan fingerprint density at radius 3 is 2.84 bits per heavy atom. The molecular weight excluding hydrogens is 244 g/mol. The fourth-order valence-electron chi connectivity index (χ4n) is 2.46. The van der Waals surface area contributed by atoms with Crippen molar-refractivity contribution in [3.05, 3.63) is 28.7 Å². The number of ether oxygens (including phenoxy) is 1. The number of hydrogen-bond acceptors (Lipinski definition) is 4. The summed E-state index contributed by atoms with van der Waals surface area (Å²) in [4.78, 5) is 17.1. The number of fused-ring (bicyclic) bond motifs is 1. The molecule has 2 heterocycles. The molecule has 0 amide bonds. The van der Waals surface area contributed by atoms with E-state index in [-0.39, 0.29) is 5.69 Å². The quantitative estimate of drug-likeness (QED) is 0.777. The van der Waals surface area contributed by atoms with Gasteiger partial charge in [-0.15, -0.1) is 0 Å². The van der Waals surface area contributed by atoms with Crippen molar-refractivity contribution in [1.82, 2.24) is 14.5 Å². The number of benzene rings is 1. The molecule has 1 aliphatic rings. The van der Waals surface area contributed by atoms with Crippen LogP contribution in [0.4, 0.5) is 5.69 Å². The Kier molecular flexibility index (Phi) is 3.27. The van der Waals surface area contributed by atoms with Crippen molar-refractivity contribution in [2.24, 2.45) is 0 Å². The summed E-state index contributed by atoms with van der Waals surface area (Å²) < 4.78 is 7.06. The van der Waals surface area contributed by atoms with Crippen LogP contribution >= 0.6 is 0 Å². The standard InChI is InChI=1S/C13H18N4O2/c14-10-1-2-11-12(9-10)17(13(18)15-11)4-3-16-5-7-19-8-6-16/h1-2,9H,3-8,14H2,(H,15,18). The molecule has 1 fully saturated rings. The van der Waals surface area contributed by atoms with Gasteiger partial charge in [0.25, 0.3) is 0 Å². The van der Waals surface area contributed by atoms with Crippen LogP contribution in [0.25, 0.3) is 11.0 Å². The van der Waals surface area contributed by atoms with Crippen molar-refractivity contribution in [1.29, 1.82) is 0 Å². The molecule has 0 radical (unpaired) electrons. The van der Waals surface area contributed by atoms with Gasteiger partial charge >= 0.3 is 5.69 Å². The molecule has 0 unspecified atom stereocenters. The number of nitrogen functional groups attached to an aromatic ring is 1. The Balaban J connectivity index is 1.81. The van der Waals surface area contributed by atoms with E-state index >= 15 is 0 Å². The highest BCUT2D eigenvalue weighted by Gasteiger charge is 2.12. The molecule has 6 heteroatoms. The maximum Gasteiger partial charge on any atom is 0.326 e. The van der Waals surface area contributed by atoms with E-state index in [1.54, 1.807) is 10.6 Å². The number of nitrogens with one attached hydrogen (secondary N) is 1. The largest absolute Gasteiger partial charge is 0.399 e. The number of imidazole rings is 1. The summed E-state index contributed by atoms with van der Waals surface area (Å²) in [5, 5.41) is 0. The zero-order chi connectivity index (χ0) is 13.2. The van der Waals surface area contributed by atoms with Gasteiger partial charge in [0.1, 0.15) is 0 Å². The third-order valence-corrected chi connectivity index (χ3v) is 3.54. The lowest BCUT2D eigenvalue weighted by atomic mass is 10.3. The fraction of sp³-hybridized carbons (Fsp3) is 0.462. The SMILES string of the molecule is Nc1ccc2[nH]c(=O)n(CCN3CCOCC3)c2c1. The molecule has 0 saturated carbocycles. The lowest BCUT2D eigenvalue weighted by molar-refractivity contribution is 0.0364. The van der Waals surface area contributed by atoms with E-state index < -0.39 is 0 Å². The highest BCUT2D eigenvalue weighted by molar-refractivity contribution is 5.78. The van der Waals surface area contributed by atoms with E-state index in [9.17, 15) is 4.79 Å². The van der Waals surface area contributed by atoms with Crippen LogP contribution in [-0.2, 0) is 11.3 Å². The Morgan fingerprint density at radius 2 is 2.05 bits per heavy atom. The van der Waals surface area contributed by atoms with Gasteiger partial charge in [-0.1, -0.05) is 0 Å². The lowest BCUT2D eigenvalue weighted by Crippen LogP contribution is -2.39. The minimum atomic E-state index is -0.0751. The number of aromatic amines is 1. The van der Waals surface area contributed by atoms with Crippen molar-refractivity contribution < 1.29 is 4.74 Å². The second kappa shape index (κ2) is 5.07. The predicted molar refractivity (Wildman–Crippen MR) is 74.2 cm³/mol. The number of anilines is 1. The second-order valence-electron chi connectivity index (χ2n) is 4.81. The molecule has 19 heavy (non-hydrogen) atoms. The topological polar surface area (TPSA) is 76.3 Å². The number of morpholine rings is 1. The van der Waals surface area contributed by atoms with Crippen LogP contribution in [0, 0.1) is 0 Å². The summed E-state index contributed by atoms with van der Waals surface area (Å²) >= 11 is 0. The predicted octanol–water partition coefficient (Wildman–Crippen LogP) is 0.244. The number of nitrogens with two attached hydrogens (primary N) is 1. The Labute approximate surface area is 110 Å². The molecule has 1 aromatic carbocycles. The number of rotatable bonds is 3. The average molecular weight is 262 g/mol. The Bertz CT molecular complexity index is 625. The molecule has 1 aliphatic heterocycles. The van der Waals surface area contributed by atoms with Crippen LogP contribution in [-0.4, -0.2) is 47.3 Å². The van der Waals surface area contributed by atoms with Crippen LogP contribution in [0.15, 0.2) is 23.0 Å². The number of H-pyrrole nitrogens is 1. The Morgan fingerprint density at radius 1 is 1.26 bits per heavy atom. The highest BCUT2D eigenvalue weighted by atomic mass is 16.5. The molecule has 1 saturated heterocycles. The van der Waals surface area contributed by atoms with E-state index in [2.05, 4.69) is 9.88 Å². The van der Waals surface area contributed by atoms with Crippen molar-refractivity contribution in [3.8, 4) is 0 Å². The third kappa shape index (κ3) is 2.50.